The molecule has 0 saturated heterocycles. The second kappa shape index (κ2) is 12.4. The first kappa shape index (κ1) is 28.6. The smallest absolute Gasteiger partial charge is 0.407 e. The lowest BCUT2D eigenvalue weighted by Gasteiger charge is -2.37. The minimum absolute atomic E-state index is 0.00349. The molecule has 0 bridgehead atoms. The van der Waals surface area contributed by atoms with E-state index in [9.17, 15) is 19.7 Å². The fourth-order valence-electron chi connectivity index (χ4n) is 4.74. The van der Waals surface area contributed by atoms with Gasteiger partial charge in [0, 0.05) is 18.2 Å². The van der Waals surface area contributed by atoms with Crippen LogP contribution in [-0.2, 0) is 20.7 Å². The van der Waals surface area contributed by atoms with Gasteiger partial charge in [0.05, 0.1) is 10.8 Å². The number of hydrogen-bond acceptors (Lipinski definition) is 6. The number of ether oxygens (including phenoxy) is 2. The van der Waals surface area contributed by atoms with Crippen molar-refractivity contribution in [2.75, 3.05) is 0 Å². The zero-order chi connectivity index (χ0) is 26.3. The van der Waals surface area contributed by atoms with E-state index in [1.54, 1.807) is 32.9 Å². The molecule has 0 unspecified atom stereocenters. The molecule has 8 heteroatoms. The van der Waals surface area contributed by atoms with Crippen molar-refractivity contribution in [2.24, 2.45) is 23.7 Å². The van der Waals surface area contributed by atoms with E-state index >= 15 is 0 Å². The van der Waals surface area contributed by atoms with Gasteiger partial charge in [-0.2, -0.15) is 0 Å². The molecule has 1 N–H and O–H groups in total. The Morgan fingerprint density at radius 3 is 2.31 bits per heavy atom. The standard InChI is InChI=1S/C27H42N2O6/c1-17(2)23-13-8-18(3)14-24(23)34-25(30)19(4)15-21(28-26(31)35-27(5,6)7)16-20-9-11-22(12-10-20)29(32)33/h9-12,17-19,21,23-24H,8,13-16H2,1-7H3,(H,28,31)/t18-,19-,21-,23+,24-/m1/s1. The van der Waals surface area contributed by atoms with E-state index < -0.39 is 28.6 Å². The summed E-state index contributed by atoms with van der Waals surface area (Å²) in [6.45, 7) is 13.7. The molecular weight excluding hydrogens is 448 g/mol. The molecule has 0 radical (unpaired) electrons. The number of amides is 1. The van der Waals surface area contributed by atoms with Gasteiger partial charge in [-0.1, -0.05) is 46.2 Å². The molecule has 1 amide bonds. The molecule has 1 saturated carbocycles. The van der Waals surface area contributed by atoms with Crippen LogP contribution >= 0.6 is 0 Å². The number of non-ortho nitro benzene ring substituents is 1. The maximum Gasteiger partial charge on any atom is 0.407 e. The van der Waals surface area contributed by atoms with Crippen molar-refractivity contribution in [3.8, 4) is 0 Å². The molecule has 1 aliphatic carbocycles. The van der Waals surface area contributed by atoms with Crippen LogP contribution in [0.3, 0.4) is 0 Å². The highest BCUT2D eigenvalue weighted by molar-refractivity contribution is 5.73. The molecule has 1 fully saturated rings. The third kappa shape index (κ3) is 9.49. The lowest BCUT2D eigenvalue weighted by Crippen LogP contribution is -2.42. The summed E-state index contributed by atoms with van der Waals surface area (Å²) in [5.74, 6) is 0.645. The summed E-state index contributed by atoms with van der Waals surface area (Å²) in [7, 11) is 0. The average Bonchev–Trinajstić information content (AvgIpc) is 2.72. The number of benzene rings is 1. The van der Waals surface area contributed by atoms with Gasteiger partial charge in [0.1, 0.15) is 11.7 Å². The molecular formula is C27H42N2O6. The molecule has 196 valence electrons. The second-order valence-electron chi connectivity index (χ2n) is 11.4. The van der Waals surface area contributed by atoms with E-state index in [0.29, 0.717) is 30.6 Å². The summed E-state index contributed by atoms with van der Waals surface area (Å²) in [6.07, 6.45) is 3.22. The predicted octanol–water partition coefficient (Wildman–Crippen LogP) is 6.06. The Balaban J connectivity index is 2.10. The molecule has 0 spiro atoms. The predicted molar refractivity (Wildman–Crippen MR) is 135 cm³/mol. The van der Waals surface area contributed by atoms with Crippen molar-refractivity contribution >= 4 is 17.7 Å². The number of hydrogen-bond donors (Lipinski definition) is 1. The number of nitro benzene ring substituents is 1. The van der Waals surface area contributed by atoms with Gasteiger partial charge in [0.25, 0.3) is 5.69 Å². The summed E-state index contributed by atoms with van der Waals surface area (Å²) >= 11 is 0. The Hall–Kier alpha value is -2.64. The quantitative estimate of drug-likeness (QED) is 0.256. The van der Waals surface area contributed by atoms with Gasteiger partial charge < -0.3 is 14.8 Å². The Kier molecular flexibility index (Phi) is 10.1. The molecule has 8 nitrogen and oxygen atoms in total. The molecule has 1 aromatic rings. The van der Waals surface area contributed by atoms with Crippen molar-refractivity contribution in [1.29, 1.82) is 0 Å². The van der Waals surface area contributed by atoms with E-state index in [2.05, 4.69) is 26.1 Å². The lowest BCUT2D eigenvalue weighted by atomic mass is 9.75. The van der Waals surface area contributed by atoms with E-state index in [1.807, 2.05) is 6.92 Å². The number of esters is 1. The van der Waals surface area contributed by atoms with Crippen LogP contribution in [-0.4, -0.2) is 34.7 Å². The van der Waals surface area contributed by atoms with Crippen molar-refractivity contribution < 1.29 is 24.0 Å². The highest BCUT2D eigenvalue weighted by atomic mass is 16.6. The van der Waals surface area contributed by atoms with Crippen LogP contribution in [0, 0.1) is 33.8 Å². The van der Waals surface area contributed by atoms with Gasteiger partial charge in [0.15, 0.2) is 0 Å². The highest BCUT2D eigenvalue weighted by Crippen LogP contribution is 2.36. The topological polar surface area (TPSA) is 108 Å². The summed E-state index contributed by atoms with van der Waals surface area (Å²) in [6, 6.07) is 5.81. The first-order valence-corrected chi connectivity index (χ1v) is 12.7. The van der Waals surface area contributed by atoms with Crippen LogP contribution < -0.4 is 5.32 Å². The normalized spacial score (nSPS) is 22.2. The third-order valence-electron chi connectivity index (χ3n) is 6.62. The molecule has 2 rings (SSSR count). The maximum atomic E-state index is 13.1. The fraction of sp³-hybridized carbons (Fsp3) is 0.704. The summed E-state index contributed by atoms with van der Waals surface area (Å²) in [5, 5.41) is 13.8. The van der Waals surface area contributed by atoms with E-state index in [1.165, 1.54) is 12.1 Å². The number of rotatable bonds is 9. The molecule has 1 aliphatic rings. The zero-order valence-corrected chi connectivity index (χ0v) is 22.2. The average molecular weight is 491 g/mol. The Morgan fingerprint density at radius 2 is 1.77 bits per heavy atom. The first-order chi connectivity index (χ1) is 16.2. The van der Waals surface area contributed by atoms with Gasteiger partial charge in [-0.3, -0.25) is 14.9 Å². The van der Waals surface area contributed by atoms with Crippen molar-refractivity contribution in [2.45, 2.75) is 98.3 Å². The van der Waals surface area contributed by atoms with Crippen LogP contribution in [0.5, 0.6) is 0 Å². The van der Waals surface area contributed by atoms with E-state index in [0.717, 1.165) is 24.8 Å². The number of nitrogens with zero attached hydrogens (tertiary/aromatic N) is 1. The molecule has 35 heavy (non-hydrogen) atoms. The largest absolute Gasteiger partial charge is 0.462 e. The Morgan fingerprint density at radius 1 is 1.14 bits per heavy atom. The number of nitro groups is 1. The molecule has 1 aromatic carbocycles. The van der Waals surface area contributed by atoms with Gasteiger partial charge in [-0.05, 0) is 69.8 Å². The molecule has 5 atom stereocenters. The highest BCUT2D eigenvalue weighted by Gasteiger charge is 2.35. The third-order valence-corrected chi connectivity index (χ3v) is 6.62. The fourth-order valence-corrected chi connectivity index (χ4v) is 4.74. The Bertz CT molecular complexity index is 861. The summed E-state index contributed by atoms with van der Waals surface area (Å²) in [4.78, 5) is 36.1. The number of carbonyl (C=O) groups excluding carboxylic acids is 2. The lowest BCUT2D eigenvalue weighted by molar-refractivity contribution is -0.384. The number of carbonyl (C=O) groups is 2. The van der Waals surface area contributed by atoms with Crippen LogP contribution in [0.15, 0.2) is 24.3 Å². The van der Waals surface area contributed by atoms with Gasteiger partial charge in [-0.15, -0.1) is 0 Å². The van der Waals surface area contributed by atoms with Crippen LogP contribution in [0.1, 0.15) is 79.7 Å². The Labute approximate surface area is 209 Å². The minimum Gasteiger partial charge on any atom is -0.462 e. The molecule has 0 aliphatic heterocycles. The first-order valence-electron chi connectivity index (χ1n) is 12.7. The van der Waals surface area contributed by atoms with Crippen LogP contribution in [0.4, 0.5) is 10.5 Å². The summed E-state index contributed by atoms with van der Waals surface area (Å²) in [5.41, 5.74) is 0.165. The number of alkyl carbamates (subject to hydrolysis) is 1. The van der Waals surface area contributed by atoms with Crippen molar-refractivity contribution in [3.05, 3.63) is 39.9 Å². The minimum atomic E-state index is -0.657. The molecule has 0 heterocycles. The SMILES string of the molecule is CC(C)[C@@H]1CC[C@@H](C)C[C@H]1OC(=O)[C@H](C)C[C@H](Cc1ccc([N+](=O)[O-])cc1)NC(=O)OC(C)(C)C. The maximum absolute atomic E-state index is 13.1. The van der Waals surface area contributed by atoms with Crippen LogP contribution in [0.25, 0.3) is 0 Å². The number of nitrogens with one attached hydrogen (secondary N) is 1. The van der Waals surface area contributed by atoms with Gasteiger partial charge in [-0.25, -0.2) is 4.79 Å². The van der Waals surface area contributed by atoms with Crippen LogP contribution in [0.2, 0.25) is 0 Å². The van der Waals surface area contributed by atoms with E-state index in [4.69, 9.17) is 9.47 Å². The molecule has 0 aromatic heterocycles. The van der Waals surface area contributed by atoms with E-state index in [-0.39, 0.29) is 17.8 Å². The second-order valence-corrected chi connectivity index (χ2v) is 11.4. The summed E-state index contributed by atoms with van der Waals surface area (Å²) < 4.78 is 11.4. The van der Waals surface area contributed by atoms with Crippen molar-refractivity contribution in [3.63, 3.8) is 0 Å². The monoisotopic (exact) mass is 490 g/mol. The zero-order valence-electron chi connectivity index (χ0n) is 22.2. The van der Waals surface area contributed by atoms with Crippen molar-refractivity contribution in [1.82, 2.24) is 5.32 Å². The van der Waals surface area contributed by atoms with Gasteiger partial charge >= 0.3 is 12.1 Å². The van der Waals surface area contributed by atoms with Gasteiger partial charge in [0.2, 0.25) is 0 Å².